The van der Waals surface area contributed by atoms with Gasteiger partial charge < -0.3 is 0 Å². The first-order valence-corrected chi connectivity index (χ1v) is 26.0. The molecule has 0 radical (unpaired) electrons. The van der Waals surface area contributed by atoms with Gasteiger partial charge in [-0.3, -0.25) is 0 Å². The third-order valence-electron chi connectivity index (χ3n) is 9.66. The zero-order chi connectivity index (χ0) is 33.9. The van der Waals surface area contributed by atoms with Crippen LogP contribution >= 0.6 is 0 Å². The fraction of sp³-hybridized carbons (Fsp3) is 0.561. The quantitative estimate of drug-likeness (QED) is 0.0709. The molecule has 1 heterocycles. The molecule has 3 aromatic rings. The van der Waals surface area contributed by atoms with E-state index in [-0.39, 0.29) is 29.2 Å². The Balaban J connectivity index is 1.75. The molecule has 264 valence electrons. The Hall–Kier alpha value is -1.78. The SMILES string of the molecule is CCC[CH2][Sn]([CH2]CCC)([CH2]CCC)[C@@H]1O[C@H](COCc2ccccc2)[C@@H](OCc2ccccc2)[C@H](OCc2ccccc2)[C@H]1OCOC. The predicted molar refractivity (Wildman–Crippen MR) is 196 cm³/mol. The fourth-order valence-corrected chi connectivity index (χ4v) is 24.8. The van der Waals surface area contributed by atoms with Gasteiger partial charge in [0.05, 0.1) is 0 Å². The van der Waals surface area contributed by atoms with Crippen LogP contribution in [0, 0.1) is 0 Å². The van der Waals surface area contributed by atoms with Crippen molar-refractivity contribution in [3.8, 4) is 0 Å². The number of methoxy groups -OCH3 is 1. The number of benzene rings is 3. The van der Waals surface area contributed by atoms with Crippen LogP contribution < -0.4 is 0 Å². The van der Waals surface area contributed by atoms with Gasteiger partial charge in [-0.1, -0.05) is 0 Å². The number of ether oxygens (including phenoxy) is 6. The molecule has 5 atom stereocenters. The first kappa shape index (κ1) is 39.0. The van der Waals surface area contributed by atoms with E-state index in [1.54, 1.807) is 7.11 Å². The van der Waals surface area contributed by atoms with Crippen molar-refractivity contribution in [2.24, 2.45) is 0 Å². The van der Waals surface area contributed by atoms with E-state index in [4.69, 9.17) is 28.4 Å². The third-order valence-corrected chi connectivity index (χ3v) is 26.0. The molecule has 1 saturated heterocycles. The molecule has 0 aromatic heterocycles. The number of unbranched alkanes of at least 4 members (excludes halogenated alkanes) is 3. The molecule has 0 saturated carbocycles. The molecule has 1 aliphatic rings. The molecule has 6 nitrogen and oxygen atoms in total. The van der Waals surface area contributed by atoms with Crippen molar-refractivity contribution in [3.63, 3.8) is 0 Å². The van der Waals surface area contributed by atoms with E-state index in [9.17, 15) is 0 Å². The Morgan fingerprint density at radius 1 is 0.562 bits per heavy atom. The van der Waals surface area contributed by atoms with Crippen LogP contribution in [-0.4, -0.2) is 67.4 Å². The minimum atomic E-state index is -3.10. The first-order valence-electron chi connectivity index (χ1n) is 18.3. The van der Waals surface area contributed by atoms with Crippen molar-refractivity contribution in [3.05, 3.63) is 108 Å². The van der Waals surface area contributed by atoms with Crippen molar-refractivity contribution in [2.75, 3.05) is 20.5 Å². The van der Waals surface area contributed by atoms with Crippen molar-refractivity contribution < 1.29 is 28.4 Å². The predicted octanol–water partition coefficient (Wildman–Crippen LogP) is 9.52. The molecular formula is C41H60O6Sn. The number of rotatable bonds is 23. The minimum absolute atomic E-state index is 0.00164. The van der Waals surface area contributed by atoms with Gasteiger partial charge in [0.25, 0.3) is 0 Å². The molecule has 1 fully saturated rings. The second-order valence-electron chi connectivity index (χ2n) is 13.3. The van der Waals surface area contributed by atoms with Gasteiger partial charge >= 0.3 is 296 Å². The van der Waals surface area contributed by atoms with Crippen LogP contribution in [0.4, 0.5) is 0 Å². The summed E-state index contributed by atoms with van der Waals surface area (Å²) in [6.45, 7) is 8.99. The maximum absolute atomic E-state index is 7.46. The van der Waals surface area contributed by atoms with Gasteiger partial charge in [0, 0.05) is 0 Å². The summed E-state index contributed by atoms with van der Waals surface area (Å²) in [7, 11) is 1.70. The van der Waals surface area contributed by atoms with Crippen LogP contribution in [0.25, 0.3) is 0 Å². The van der Waals surface area contributed by atoms with E-state index in [1.807, 2.05) is 18.2 Å². The van der Waals surface area contributed by atoms with E-state index < -0.39 is 24.5 Å². The molecule has 3 aromatic carbocycles. The van der Waals surface area contributed by atoms with Crippen molar-refractivity contribution in [1.82, 2.24) is 0 Å². The van der Waals surface area contributed by atoms with Crippen LogP contribution in [0.1, 0.15) is 76.0 Å². The molecule has 4 rings (SSSR count). The molecule has 0 bridgehead atoms. The van der Waals surface area contributed by atoms with Crippen LogP contribution in [0.3, 0.4) is 0 Å². The van der Waals surface area contributed by atoms with Crippen molar-refractivity contribution >= 4 is 18.4 Å². The summed E-state index contributed by atoms with van der Waals surface area (Å²) in [6.07, 6.45) is 5.93. The van der Waals surface area contributed by atoms with Gasteiger partial charge in [0.2, 0.25) is 0 Å². The van der Waals surface area contributed by atoms with Crippen LogP contribution in [0.15, 0.2) is 91.0 Å². The molecule has 0 aliphatic carbocycles. The maximum atomic E-state index is 7.46. The van der Waals surface area contributed by atoms with Crippen molar-refractivity contribution in [2.45, 2.75) is 121 Å². The normalized spacial score (nSPS) is 21.4. The molecule has 48 heavy (non-hydrogen) atoms. The van der Waals surface area contributed by atoms with Crippen LogP contribution in [-0.2, 0) is 48.2 Å². The average molecular weight is 768 g/mol. The number of hydrogen-bond acceptors (Lipinski definition) is 6. The summed E-state index contributed by atoms with van der Waals surface area (Å²) >= 11 is -3.10. The van der Waals surface area contributed by atoms with E-state index in [1.165, 1.54) is 51.8 Å². The Labute approximate surface area is 294 Å². The Bertz CT molecular complexity index is 1210. The van der Waals surface area contributed by atoms with E-state index >= 15 is 0 Å². The van der Waals surface area contributed by atoms with Crippen molar-refractivity contribution in [1.29, 1.82) is 0 Å². The van der Waals surface area contributed by atoms with Gasteiger partial charge in [-0.25, -0.2) is 0 Å². The molecule has 0 spiro atoms. The van der Waals surface area contributed by atoms with Gasteiger partial charge in [0.1, 0.15) is 0 Å². The monoisotopic (exact) mass is 768 g/mol. The summed E-state index contributed by atoms with van der Waals surface area (Å²) < 4.78 is 44.0. The summed E-state index contributed by atoms with van der Waals surface area (Å²) in [4.78, 5) is 0. The average Bonchev–Trinajstić information content (AvgIpc) is 3.14. The second-order valence-corrected chi connectivity index (χ2v) is 27.0. The molecule has 0 amide bonds. The second kappa shape index (κ2) is 22.1. The van der Waals surface area contributed by atoms with E-state index in [2.05, 4.69) is 93.6 Å². The third kappa shape index (κ3) is 11.9. The molecule has 1 aliphatic heterocycles. The first-order chi connectivity index (χ1) is 23.6. The molecule has 7 heteroatoms. The van der Waals surface area contributed by atoms with Gasteiger partial charge in [0.15, 0.2) is 0 Å². The summed E-state index contributed by atoms with van der Waals surface area (Å²) in [5, 5.41) is 0. The fourth-order valence-electron chi connectivity index (χ4n) is 7.05. The zero-order valence-electron chi connectivity index (χ0n) is 29.9. The molecular weight excluding hydrogens is 707 g/mol. The zero-order valence-corrected chi connectivity index (χ0v) is 32.8. The summed E-state index contributed by atoms with van der Waals surface area (Å²) in [5.74, 6) is 0. The number of hydrogen-bond donors (Lipinski definition) is 0. The molecule has 0 N–H and O–H groups in total. The Morgan fingerprint density at radius 3 is 1.48 bits per heavy atom. The topological polar surface area (TPSA) is 55.4 Å². The van der Waals surface area contributed by atoms with Gasteiger partial charge in [-0.15, -0.1) is 0 Å². The van der Waals surface area contributed by atoms with E-state index in [0.717, 1.165) is 16.7 Å². The van der Waals surface area contributed by atoms with Gasteiger partial charge in [-0.05, 0) is 0 Å². The molecule has 0 unspecified atom stereocenters. The Kier molecular flexibility index (Phi) is 18.0. The van der Waals surface area contributed by atoms with Crippen LogP contribution in [0.2, 0.25) is 13.3 Å². The summed E-state index contributed by atoms with van der Waals surface area (Å²) in [5.41, 5.74) is 3.39. The van der Waals surface area contributed by atoms with E-state index in [0.29, 0.717) is 26.4 Å². The van der Waals surface area contributed by atoms with Crippen LogP contribution in [0.5, 0.6) is 0 Å². The standard InChI is InChI=1S/C29H33O6.3C4H9.Sn/c1-30-22-35-27-21-32-26(20-31-17-23-11-5-2-6-12-23)28(33-18-24-13-7-3-8-14-24)29(27)34-19-25-15-9-4-10-16-25;3*1-3-4-2;/h2-16,21,26-29H,17-20,22H2,1H3;3*1,3-4H2,2H3;/t26-,27+,28-,29-;;;;/m1..../s1. The van der Waals surface area contributed by atoms with Gasteiger partial charge in [-0.2, -0.15) is 0 Å². The Morgan fingerprint density at radius 2 is 1.02 bits per heavy atom. The summed E-state index contributed by atoms with van der Waals surface area (Å²) in [6, 6.07) is 31.1.